The predicted molar refractivity (Wildman–Crippen MR) is 98.6 cm³/mol. The second kappa shape index (κ2) is 7.08. The van der Waals surface area contributed by atoms with Crippen LogP contribution in [0, 0.1) is 11.3 Å². The first-order valence-corrected chi connectivity index (χ1v) is 9.78. The second-order valence-corrected chi connectivity index (χ2v) is 8.44. The Morgan fingerprint density at radius 1 is 1.16 bits per heavy atom. The Labute approximate surface area is 151 Å². The summed E-state index contributed by atoms with van der Waals surface area (Å²) in [6.07, 6.45) is 6.12. The molecule has 0 N–H and O–H groups in total. The topological polar surface area (TPSA) is 32.8 Å². The van der Waals surface area contributed by atoms with E-state index in [0.29, 0.717) is 12.0 Å². The van der Waals surface area contributed by atoms with Crippen LogP contribution >= 0.6 is 0 Å². The van der Waals surface area contributed by atoms with Gasteiger partial charge in [0, 0.05) is 18.7 Å². The van der Waals surface area contributed by atoms with E-state index < -0.39 is 0 Å². The van der Waals surface area contributed by atoms with Crippen LogP contribution in [0.5, 0.6) is 0 Å². The molecule has 1 spiro atoms. The monoisotopic (exact) mass is 342 g/mol. The average Bonchev–Trinajstić information content (AvgIpc) is 3.40. The van der Waals surface area contributed by atoms with E-state index in [2.05, 4.69) is 16.8 Å². The summed E-state index contributed by atoms with van der Waals surface area (Å²) < 4.78 is 6.01. The molecule has 25 heavy (non-hydrogen) atoms. The maximum absolute atomic E-state index is 13.1. The van der Waals surface area contributed by atoms with Crippen molar-refractivity contribution >= 4 is 5.91 Å². The van der Waals surface area contributed by atoms with E-state index >= 15 is 0 Å². The summed E-state index contributed by atoms with van der Waals surface area (Å²) in [4.78, 5) is 17.6. The van der Waals surface area contributed by atoms with Gasteiger partial charge in [-0.15, -0.1) is 0 Å². The van der Waals surface area contributed by atoms with Crippen molar-refractivity contribution in [3.8, 4) is 0 Å². The fourth-order valence-electron chi connectivity index (χ4n) is 4.41. The van der Waals surface area contributed by atoms with Crippen LogP contribution < -0.4 is 0 Å². The first-order valence-electron chi connectivity index (χ1n) is 9.78. The Balaban J connectivity index is 1.47. The number of ether oxygens (including phenoxy) is 1. The molecular formula is C21H30N2O2. The minimum Gasteiger partial charge on any atom is -0.379 e. The molecule has 4 rings (SSSR count). The van der Waals surface area contributed by atoms with Crippen molar-refractivity contribution in [3.05, 3.63) is 35.9 Å². The molecule has 1 aromatic rings. The molecule has 1 aromatic carbocycles. The number of nitrogens with zero attached hydrogens (tertiary/aromatic N) is 2. The van der Waals surface area contributed by atoms with Gasteiger partial charge in [0.05, 0.1) is 12.6 Å². The van der Waals surface area contributed by atoms with Gasteiger partial charge in [0.15, 0.2) is 0 Å². The number of carbonyl (C=O) groups excluding carboxylic acids is 1. The number of piperidine rings is 1. The Kier molecular flexibility index (Phi) is 4.83. The van der Waals surface area contributed by atoms with Gasteiger partial charge >= 0.3 is 0 Å². The molecule has 1 amide bonds. The maximum Gasteiger partial charge on any atom is 0.254 e. The zero-order valence-electron chi connectivity index (χ0n) is 15.3. The van der Waals surface area contributed by atoms with E-state index in [1.54, 1.807) is 0 Å². The Bertz CT molecular complexity index is 591. The molecule has 0 unspecified atom stereocenters. The van der Waals surface area contributed by atoms with Gasteiger partial charge in [0.2, 0.25) is 0 Å². The minimum atomic E-state index is 0.177. The third-order valence-corrected chi connectivity index (χ3v) is 6.31. The molecule has 2 saturated heterocycles. The Morgan fingerprint density at radius 3 is 2.56 bits per heavy atom. The maximum atomic E-state index is 13.1. The molecule has 2 heterocycles. The van der Waals surface area contributed by atoms with Crippen LogP contribution in [0.25, 0.3) is 0 Å². The second-order valence-electron chi connectivity index (χ2n) is 8.44. The first-order chi connectivity index (χ1) is 12.2. The number of likely N-dealkylation sites (tertiary alicyclic amines) is 2. The summed E-state index contributed by atoms with van der Waals surface area (Å²) in [6.45, 7) is 4.75. The van der Waals surface area contributed by atoms with E-state index in [0.717, 1.165) is 44.1 Å². The zero-order chi connectivity index (χ0) is 17.3. The molecule has 2 aliphatic heterocycles. The summed E-state index contributed by atoms with van der Waals surface area (Å²) in [6, 6.07) is 9.97. The summed E-state index contributed by atoms with van der Waals surface area (Å²) in [5.41, 5.74) is 1.10. The van der Waals surface area contributed by atoms with Crippen molar-refractivity contribution in [2.45, 2.75) is 38.1 Å². The standard InChI is InChI=1S/C21H30N2O2/c1-22-11-9-21(10-12-22)13-19(15-25-14-17-7-8-17)23(16-21)20(24)18-5-3-2-4-6-18/h2-6,17,19H,7-16H2,1H3/t19-/m1/s1. The van der Waals surface area contributed by atoms with Gasteiger partial charge in [-0.05, 0) is 75.7 Å². The quantitative estimate of drug-likeness (QED) is 0.824. The average molecular weight is 342 g/mol. The molecule has 1 atom stereocenters. The fraction of sp³-hybridized carbons (Fsp3) is 0.667. The van der Waals surface area contributed by atoms with Gasteiger partial charge in [-0.25, -0.2) is 0 Å². The molecule has 0 bridgehead atoms. The van der Waals surface area contributed by atoms with E-state index in [1.165, 1.54) is 25.7 Å². The third kappa shape index (κ3) is 3.90. The van der Waals surface area contributed by atoms with Crippen molar-refractivity contribution in [1.29, 1.82) is 0 Å². The van der Waals surface area contributed by atoms with Crippen LogP contribution in [0.15, 0.2) is 30.3 Å². The normalized spacial score (nSPS) is 26.3. The lowest BCUT2D eigenvalue weighted by atomic mass is 9.77. The highest BCUT2D eigenvalue weighted by atomic mass is 16.5. The van der Waals surface area contributed by atoms with Crippen LogP contribution in [-0.2, 0) is 4.74 Å². The van der Waals surface area contributed by atoms with Gasteiger partial charge in [-0.2, -0.15) is 0 Å². The van der Waals surface area contributed by atoms with Crippen molar-refractivity contribution < 1.29 is 9.53 Å². The van der Waals surface area contributed by atoms with Gasteiger partial charge < -0.3 is 14.5 Å². The highest BCUT2D eigenvalue weighted by Gasteiger charge is 2.47. The van der Waals surface area contributed by atoms with Crippen molar-refractivity contribution in [2.75, 3.05) is 39.9 Å². The number of benzene rings is 1. The molecular weight excluding hydrogens is 312 g/mol. The van der Waals surface area contributed by atoms with Gasteiger partial charge in [0.25, 0.3) is 5.91 Å². The van der Waals surface area contributed by atoms with Crippen LogP contribution in [-0.4, -0.2) is 61.6 Å². The van der Waals surface area contributed by atoms with Crippen LogP contribution in [0.3, 0.4) is 0 Å². The number of hydrogen-bond acceptors (Lipinski definition) is 3. The summed E-state index contributed by atoms with van der Waals surface area (Å²) in [5.74, 6) is 0.952. The van der Waals surface area contributed by atoms with Crippen molar-refractivity contribution in [1.82, 2.24) is 9.80 Å². The predicted octanol–water partition coefficient (Wildman–Crippen LogP) is 3.04. The molecule has 3 aliphatic rings. The Morgan fingerprint density at radius 2 is 1.88 bits per heavy atom. The summed E-state index contributed by atoms with van der Waals surface area (Å²) in [7, 11) is 2.20. The third-order valence-electron chi connectivity index (χ3n) is 6.31. The molecule has 136 valence electrons. The molecule has 1 saturated carbocycles. The SMILES string of the molecule is CN1CCC2(CC1)C[C@H](COCC1CC1)N(C(=O)c1ccccc1)C2. The van der Waals surface area contributed by atoms with Crippen molar-refractivity contribution in [2.24, 2.45) is 11.3 Å². The summed E-state index contributed by atoms with van der Waals surface area (Å²) >= 11 is 0. The van der Waals surface area contributed by atoms with Gasteiger partial charge in [0.1, 0.15) is 0 Å². The zero-order valence-corrected chi connectivity index (χ0v) is 15.3. The highest BCUT2D eigenvalue weighted by Crippen LogP contribution is 2.44. The fourth-order valence-corrected chi connectivity index (χ4v) is 4.41. The van der Waals surface area contributed by atoms with Crippen molar-refractivity contribution in [3.63, 3.8) is 0 Å². The number of hydrogen-bond donors (Lipinski definition) is 0. The summed E-state index contributed by atoms with van der Waals surface area (Å²) in [5, 5.41) is 0. The molecule has 0 radical (unpaired) electrons. The van der Waals surface area contributed by atoms with E-state index in [4.69, 9.17) is 4.74 Å². The van der Waals surface area contributed by atoms with E-state index in [-0.39, 0.29) is 11.9 Å². The Hall–Kier alpha value is -1.39. The van der Waals surface area contributed by atoms with E-state index in [1.807, 2.05) is 30.3 Å². The van der Waals surface area contributed by atoms with Crippen LogP contribution in [0.1, 0.15) is 42.5 Å². The largest absolute Gasteiger partial charge is 0.379 e. The lowest BCUT2D eigenvalue weighted by molar-refractivity contribution is 0.0513. The molecule has 4 heteroatoms. The molecule has 4 nitrogen and oxygen atoms in total. The number of rotatable bonds is 5. The lowest BCUT2D eigenvalue weighted by Gasteiger charge is -2.37. The molecule has 1 aliphatic carbocycles. The van der Waals surface area contributed by atoms with Crippen LogP contribution in [0.2, 0.25) is 0 Å². The molecule has 0 aromatic heterocycles. The van der Waals surface area contributed by atoms with E-state index in [9.17, 15) is 4.79 Å². The molecule has 3 fully saturated rings. The van der Waals surface area contributed by atoms with Gasteiger partial charge in [-0.3, -0.25) is 4.79 Å². The first kappa shape index (κ1) is 17.0. The smallest absolute Gasteiger partial charge is 0.254 e. The number of carbonyl (C=O) groups is 1. The lowest BCUT2D eigenvalue weighted by Crippen LogP contribution is -2.41. The van der Waals surface area contributed by atoms with Crippen LogP contribution in [0.4, 0.5) is 0 Å². The highest BCUT2D eigenvalue weighted by molar-refractivity contribution is 5.94. The van der Waals surface area contributed by atoms with Gasteiger partial charge in [-0.1, -0.05) is 18.2 Å². The minimum absolute atomic E-state index is 0.177. The number of amides is 1.